The average Bonchev–Trinajstić information content (AvgIpc) is 2.20. The molecule has 0 aliphatic rings. The number of nitrogens with zero attached hydrogens (tertiary/aromatic N) is 2. The molecule has 0 bridgehead atoms. The van der Waals surface area contributed by atoms with Crippen molar-refractivity contribution in [1.29, 1.82) is 0 Å². The third-order valence-corrected chi connectivity index (χ3v) is 2.23. The molecule has 0 fully saturated rings. The molecular formula is C10H7ClFN3. The summed E-state index contributed by atoms with van der Waals surface area (Å²) < 4.78 is 12.6. The second-order valence-electron chi connectivity index (χ2n) is 2.96. The summed E-state index contributed by atoms with van der Waals surface area (Å²) in [5.41, 5.74) is 6.84. The molecular weight excluding hydrogens is 217 g/mol. The van der Waals surface area contributed by atoms with E-state index in [1.54, 1.807) is 12.1 Å². The van der Waals surface area contributed by atoms with Gasteiger partial charge in [-0.2, -0.15) is 4.39 Å². The standard InChI is InChI=1S/C10H7ClFN3/c11-8-3-10(13)15-5-7(8)6-1-2-9(12)14-4-6/h1-5H,(H2,13,15). The van der Waals surface area contributed by atoms with E-state index >= 15 is 0 Å². The first kappa shape index (κ1) is 9.86. The first-order chi connectivity index (χ1) is 7.16. The number of hydrogen-bond acceptors (Lipinski definition) is 3. The molecule has 0 amide bonds. The lowest BCUT2D eigenvalue weighted by Gasteiger charge is -2.03. The van der Waals surface area contributed by atoms with Crippen LogP contribution in [0.15, 0.2) is 30.6 Å². The lowest BCUT2D eigenvalue weighted by Crippen LogP contribution is -1.91. The maximum Gasteiger partial charge on any atom is 0.212 e. The van der Waals surface area contributed by atoms with Crippen molar-refractivity contribution in [3.05, 3.63) is 41.6 Å². The molecule has 2 N–H and O–H groups in total. The van der Waals surface area contributed by atoms with E-state index in [-0.39, 0.29) is 0 Å². The van der Waals surface area contributed by atoms with Crippen molar-refractivity contribution in [2.24, 2.45) is 0 Å². The van der Waals surface area contributed by atoms with E-state index in [4.69, 9.17) is 17.3 Å². The van der Waals surface area contributed by atoms with E-state index in [1.807, 2.05) is 0 Å². The maximum atomic E-state index is 12.6. The fraction of sp³-hybridized carbons (Fsp3) is 0. The van der Waals surface area contributed by atoms with Gasteiger partial charge in [0.25, 0.3) is 0 Å². The minimum atomic E-state index is -0.529. The van der Waals surface area contributed by atoms with Crippen LogP contribution in [0.25, 0.3) is 11.1 Å². The van der Waals surface area contributed by atoms with E-state index in [2.05, 4.69) is 9.97 Å². The van der Waals surface area contributed by atoms with Crippen LogP contribution in [0.4, 0.5) is 10.2 Å². The van der Waals surface area contributed by atoms with E-state index < -0.39 is 5.95 Å². The molecule has 0 aliphatic heterocycles. The Morgan fingerprint density at radius 3 is 2.60 bits per heavy atom. The van der Waals surface area contributed by atoms with Crippen molar-refractivity contribution in [2.75, 3.05) is 5.73 Å². The number of rotatable bonds is 1. The van der Waals surface area contributed by atoms with Gasteiger partial charge >= 0.3 is 0 Å². The highest BCUT2D eigenvalue weighted by atomic mass is 35.5. The van der Waals surface area contributed by atoms with Gasteiger partial charge in [-0.05, 0) is 18.2 Å². The van der Waals surface area contributed by atoms with Crippen LogP contribution in [0.2, 0.25) is 5.02 Å². The Hall–Kier alpha value is -1.68. The van der Waals surface area contributed by atoms with Crippen molar-refractivity contribution < 1.29 is 4.39 Å². The normalized spacial score (nSPS) is 10.3. The number of nitrogens with two attached hydrogens (primary N) is 1. The van der Waals surface area contributed by atoms with Gasteiger partial charge in [0.15, 0.2) is 0 Å². The molecule has 0 atom stereocenters. The van der Waals surface area contributed by atoms with Crippen LogP contribution < -0.4 is 5.73 Å². The monoisotopic (exact) mass is 223 g/mol. The van der Waals surface area contributed by atoms with E-state index in [9.17, 15) is 4.39 Å². The van der Waals surface area contributed by atoms with E-state index in [1.165, 1.54) is 18.5 Å². The quantitative estimate of drug-likeness (QED) is 0.756. The van der Waals surface area contributed by atoms with Gasteiger partial charge in [-0.15, -0.1) is 0 Å². The van der Waals surface area contributed by atoms with Gasteiger partial charge < -0.3 is 5.73 Å². The zero-order chi connectivity index (χ0) is 10.8. The molecule has 2 rings (SSSR count). The second-order valence-corrected chi connectivity index (χ2v) is 3.37. The molecule has 2 heterocycles. The van der Waals surface area contributed by atoms with Gasteiger partial charge in [-0.3, -0.25) is 0 Å². The molecule has 0 saturated heterocycles. The Kier molecular flexibility index (Phi) is 2.51. The molecule has 3 nitrogen and oxygen atoms in total. The summed E-state index contributed by atoms with van der Waals surface area (Å²) in [6.45, 7) is 0. The van der Waals surface area contributed by atoms with Gasteiger partial charge in [-0.1, -0.05) is 11.6 Å². The van der Waals surface area contributed by atoms with Gasteiger partial charge in [-0.25, -0.2) is 9.97 Å². The number of pyridine rings is 2. The first-order valence-electron chi connectivity index (χ1n) is 4.20. The zero-order valence-electron chi connectivity index (χ0n) is 7.61. The third kappa shape index (κ3) is 2.05. The average molecular weight is 224 g/mol. The third-order valence-electron chi connectivity index (χ3n) is 1.91. The number of anilines is 1. The highest BCUT2D eigenvalue weighted by Gasteiger charge is 2.05. The molecule has 2 aromatic rings. The number of aromatic nitrogens is 2. The molecule has 15 heavy (non-hydrogen) atoms. The Labute approximate surface area is 90.7 Å². The predicted octanol–water partition coefficient (Wildman–Crippen LogP) is 2.52. The Bertz CT molecular complexity index is 485. The minimum absolute atomic E-state index is 0.346. The lowest BCUT2D eigenvalue weighted by atomic mass is 10.1. The van der Waals surface area contributed by atoms with Crippen LogP contribution in [0, 0.1) is 5.95 Å². The summed E-state index contributed by atoms with van der Waals surface area (Å²) in [6, 6.07) is 4.39. The fourth-order valence-electron chi connectivity index (χ4n) is 1.19. The van der Waals surface area contributed by atoms with Crippen molar-refractivity contribution in [1.82, 2.24) is 9.97 Å². The van der Waals surface area contributed by atoms with Crippen LogP contribution in [0.1, 0.15) is 0 Å². The molecule has 0 spiro atoms. The highest BCUT2D eigenvalue weighted by Crippen LogP contribution is 2.27. The van der Waals surface area contributed by atoms with Gasteiger partial charge in [0.05, 0.1) is 5.02 Å². The van der Waals surface area contributed by atoms with Crippen LogP contribution >= 0.6 is 11.6 Å². The topological polar surface area (TPSA) is 51.8 Å². The van der Waals surface area contributed by atoms with Crippen molar-refractivity contribution >= 4 is 17.4 Å². The largest absolute Gasteiger partial charge is 0.384 e. The SMILES string of the molecule is Nc1cc(Cl)c(-c2ccc(F)nc2)cn1. The van der Waals surface area contributed by atoms with Crippen LogP contribution in [0.3, 0.4) is 0 Å². The van der Waals surface area contributed by atoms with E-state index in [0.717, 1.165) is 0 Å². The molecule has 76 valence electrons. The molecule has 0 saturated carbocycles. The van der Waals surface area contributed by atoms with Crippen LogP contribution in [0.5, 0.6) is 0 Å². The first-order valence-corrected chi connectivity index (χ1v) is 4.57. The van der Waals surface area contributed by atoms with Crippen molar-refractivity contribution in [3.63, 3.8) is 0 Å². The van der Waals surface area contributed by atoms with Crippen molar-refractivity contribution in [2.45, 2.75) is 0 Å². The predicted molar refractivity (Wildman–Crippen MR) is 56.8 cm³/mol. The smallest absolute Gasteiger partial charge is 0.212 e. The Balaban J connectivity index is 2.49. The highest BCUT2D eigenvalue weighted by molar-refractivity contribution is 6.33. The van der Waals surface area contributed by atoms with E-state index in [0.29, 0.717) is 22.0 Å². The van der Waals surface area contributed by atoms with Gasteiger partial charge in [0.1, 0.15) is 5.82 Å². The molecule has 0 aliphatic carbocycles. The summed E-state index contributed by atoms with van der Waals surface area (Å²) in [5.74, 6) is -0.183. The summed E-state index contributed by atoms with van der Waals surface area (Å²) in [4.78, 5) is 7.45. The summed E-state index contributed by atoms with van der Waals surface area (Å²) in [7, 11) is 0. The fourth-order valence-corrected chi connectivity index (χ4v) is 1.46. The summed E-state index contributed by atoms with van der Waals surface area (Å²) in [5, 5.41) is 0.468. The summed E-state index contributed by atoms with van der Waals surface area (Å²) in [6.07, 6.45) is 2.93. The van der Waals surface area contributed by atoms with Crippen molar-refractivity contribution in [3.8, 4) is 11.1 Å². The maximum absolute atomic E-state index is 12.6. The number of hydrogen-bond donors (Lipinski definition) is 1. The number of halogens is 2. The van der Waals surface area contributed by atoms with Crippen LogP contribution in [-0.2, 0) is 0 Å². The summed E-state index contributed by atoms with van der Waals surface area (Å²) >= 11 is 5.96. The van der Waals surface area contributed by atoms with Gasteiger partial charge in [0, 0.05) is 23.5 Å². The van der Waals surface area contributed by atoms with Gasteiger partial charge in [0.2, 0.25) is 5.95 Å². The second kappa shape index (κ2) is 3.82. The molecule has 5 heteroatoms. The molecule has 2 aromatic heterocycles. The van der Waals surface area contributed by atoms with Crippen LogP contribution in [-0.4, -0.2) is 9.97 Å². The number of nitrogen functional groups attached to an aromatic ring is 1. The lowest BCUT2D eigenvalue weighted by molar-refractivity contribution is 0.584. The Morgan fingerprint density at radius 2 is 2.00 bits per heavy atom. The minimum Gasteiger partial charge on any atom is -0.384 e. The molecule has 0 aromatic carbocycles. The Morgan fingerprint density at radius 1 is 1.20 bits per heavy atom. The molecule has 0 radical (unpaired) electrons. The zero-order valence-corrected chi connectivity index (χ0v) is 8.37. The molecule has 0 unspecified atom stereocenters.